The Labute approximate surface area is 153 Å². The minimum absolute atomic E-state index is 0.160. The van der Waals surface area contributed by atoms with E-state index >= 15 is 0 Å². The third kappa shape index (κ3) is 4.47. The highest BCUT2D eigenvalue weighted by molar-refractivity contribution is 5.68. The van der Waals surface area contributed by atoms with Gasteiger partial charge < -0.3 is 15.0 Å². The first-order chi connectivity index (χ1) is 12.3. The second kappa shape index (κ2) is 7.27. The molecule has 1 N–H and O–H groups in total. The maximum atomic E-state index is 12.2. The number of ether oxygens (including phenoxy) is 1. The van der Waals surface area contributed by atoms with E-state index in [1.165, 1.54) is 0 Å². The molecule has 138 valence electrons. The number of aryl methyl sites for hydroxylation is 1. The highest BCUT2D eigenvalue weighted by Gasteiger charge is 2.29. The molecule has 2 aromatic rings. The lowest BCUT2D eigenvalue weighted by molar-refractivity contribution is 0.0293. The van der Waals surface area contributed by atoms with E-state index in [0.29, 0.717) is 18.9 Å². The van der Waals surface area contributed by atoms with E-state index in [0.717, 1.165) is 23.5 Å². The summed E-state index contributed by atoms with van der Waals surface area (Å²) in [6.07, 6.45) is 4.04. The van der Waals surface area contributed by atoms with Crippen LogP contribution in [0, 0.1) is 6.92 Å². The largest absolute Gasteiger partial charge is 0.444 e. The minimum Gasteiger partial charge on any atom is -0.444 e. The smallest absolute Gasteiger partial charge is 0.410 e. The van der Waals surface area contributed by atoms with Gasteiger partial charge in [-0.2, -0.15) is 0 Å². The van der Waals surface area contributed by atoms with Crippen molar-refractivity contribution in [1.29, 1.82) is 0 Å². The average molecular weight is 355 g/mol. The van der Waals surface area contributed by atoms with Crippen molar-refractivity contribution < 1.29 is 9.53 Å². The molecule has 1 amide bonds. The molecule has 26 heavy (non-hydrogen) atoms. The second-order valence-electron chi connectivity index (χ2n) is 7.46. The summed E-state index contributed by atoms with van der Waals surface area (Å²) >= 11 is 0. The van der Waals surface area contributed by atoms with Crippen LogP contribution >= 0.6 is 0 Å². The van der Waals surface area contributed by atoms with E-state index in [4.69, 9.17) is 4.74 Å². The van der Waals surface area contributed by atoms with Gasteiger partial charge in [-0.05, 0) is 52.3 Å². The molecule has 0 radical (unpaired) electrons. The fourth-order valence-electron chi connectivity index (χ4n) is 2.90. The van der Waals surface area contributed by atoms with Crippen molar-refractivity contribution in [3.63, 3.8) is 0 Å². The van der Waals surface area contributed by atoms with Gasteiger partial charge in [-0.15, -0.1) is 0 Å². The fraction of sp³-hybridized carbons (Fsp3) is 0.474. The third-order valence-corrected chi connectivity index (χ3v) is 4.08. The molecule has 1 atom stereocenters. The van der Waals surface area contributed by atoms with Crippen LogP contribution in [0.15, 0.2) is 30.6 Å². The molecule has 0 saturated carbocycles. The van der Waals surface area contributed by atoms with Crippen molar-refractivity contribution >= 4 is 11.9 Å². The van der Waals surface area contributed by atoms with Crippen LogP contribution in [0.3, 0.4) is 0 Å². The molecule has 1 fully saturated rings. The molecule has 2 aromatic heterocycles. The maximum absolute atomic E-state index is 12.2. The van der Waals surface area contributed by atoms with E-state index in [1.54, 1.807) is 23.4 Å². The SMILES string of the molecule is Cc1nc(NC2CCN(C(=O)OC(C)(C)C)C2)ccc1-c1ncccn1. The van der Waals surface area contributed by atoms with Crippen molar-refractivity contribution in [1.82, 2.24) is 19.9 Å². The Balaban J connectivity index is 1.62. The predicted molar refractivity (Wildman–Crippen MR) is 99.8 cm³/mol. The molecule has 0 aliphatic carbocycles. The number of carbonyl (C=O) groups excluding carboxylic acids is 1. The molecule has 0 aromatic carbocycles. The van der Waals surface area contributed by atoms with Crippen LogP contribution in [0.25, 0.3) is 11.4 Å². The number of aromatic nitrogens is 3. The Bertz CT molecular complexity index is 773. The topological polar surface area (TPSA) is 80.2 Å². The summed E-state index contributed by atoms with van der Waals surface area (Å²) in [5, 5.41) is 3.41. The van der Waals surface area contributed by atoms with Crippen LogP contribution < -0.4 is 5.32 Å². The first kappa shape index (κ1) is 18.1. The second-order valence-corrected chi connectivity index (χ2v) is 7.46. The molecule has 7 heteroatoms. The van der Waals surface area contributed by atoms with Gasteiger partial charge >= 0.3 is 6.09 Å². The zero-order valence-electron chi connectivity index (χ0n) is 15.7. The standard InChI is InChI=1S/C19H25N5O2/c1-13-15(17-20-9-5-10-21-17)6-7-16(22-13)23-14-8-11-24(12-14)18(25)26-19(2,3)4/h5-7,9-10,14H,8,11-12H2,1-4H3,(H,22,23). The Morgan fingerprint density at radius 1 is 1.27 bits per heavy atom. The number of likely N-dealkylation sites (tertiary alicyclic amines) is 1. The lowest BCUT2D eigenvalue weighted by Crippen LogP contribution is -2.36. The Hall–Kier alpha value is -2.70. The van der Waals surface area contributed by atoms with Gasteiger partial charge in [-0.1, -0.05) is 0 Å². The molecule has 1 unspecified atom stereocenters. The number of nitrogens with one attached hydrogen (secondary N) is 1. The van der Waals surface area contributed by atoms with Gasteiger partial charge in [0.1, 0.15) is 11.4 Å². The van der Waals surface area contributed by atoms with Crippen molar-refractivity contribution in [2.45, 2.75) is 45.8 Å². The molecule has 1 aliphatic heterocycles. The number of anilines is 1. The third-order valence-electron chi connectivity index (χ3n) is 4.08. The average Bonchev–Trinajstić information content (AvgIpc) is 3.03. The summed E-state index contributed by atoms with van der Waals surface area (Å²) in [4.78, 5) is 27.1. The molecule has 3 rings (SSSR count). The van der Waals surface area contributed by atoms with Gasteiger partial charge in [0.25, 0.3) is 0 Å². The summed E-state index contributed by atoms with van der Waals surface area (Å²) in [7, 11) is 0. The lowest BCUT2D eigenvalue weighted by atomic mass is 10.2. The van der Waals surface area contributed by atoms with E-state index in [-0.39, 0.29) is 12.1 Å². The minimum atomic E-state index is -0.476. The molecule has 0 bridgehead atoms. The highest BCUT2D eigenvalue weighted by Crippen LogP contribution is 2.22. The number of carbonyl (C=O) groups is 1. The van der Waals surface area contributed by atoms with Crippen LogP contribution in [-0.4, -0.2) is 50.7 Å². The summed E-state index contributed by atoms with van der Waals surface area (Å²) in [6, 6.07) is 5.85. The number of amides is 1. The summed E-state index contributed by atoms with van der Waals surface area (Å²) in [5.41, 5.74) is 1.30. The zero-order valence-corrected chi connectivity index (χ0v) is 15.7. The number of nitrogens with zero attached hydrogens (tertiary/aromatic N) is 4. The Kier molecular flexibility index (Phi) is 5.06. The van der Waals surface area contributed by atoms with Crippen LogP contribution in [-0.2, 0) is 4.74 Å². The Morgan fingerprint density at radius 2 is 2.00 bits per heavy atom. The van der Waals surface area contributed by atoms with Gasteiger partial charge in [0.05, 0.1) is 5.69 Å². The van der Waals surface area contributed by atoms with Gasteiger partial charge in [0, 0.05) is 37.1 Å². The lowest BCUT2D eigenvalue weighted by Gasteiger charge is -2.24. The molecule has 7 nitrogen and oxygen atoms in total. The Morgan fingerprint density at radius 3 is 2.65 bits per heavy atom. The number of rotatable bonds is 3. The molecular weight excluding hydrogens is 330 g/mol. The maximum Gasteiger partial charge on any atom is 0.410 e. The predicted octanol–water partition coefficient (Wildman–Crippen LogP) is 3.27. The fourth-order valence-corrected chi connectivity index (χ4v) is 2.90. The normalized spacial score (nSPS) is 17.2. The summed E-state index contributed by atoms with van der Waals surface area (Å²) in [6.45, 7) is 8.86. The summed E-state index contributed by atoms with van der Waals surface area (Å²) < 4.78 is 5.43. The van der Waals surface area contributed by atoms with Gasteiger partial charge in [0.2, 0.25) is 0 Å². The number of hydrogen-bond acceptors (Lipinski definition) is 6. The molecule has 1 aliphatic rings. The van der Waals surface area contributed by atoms with Crippen LogP contribution in [0.5, 0.6) is 0 Å². The van der Waals surface area contributed by atoms with Crippen molar-refractivity contribution in [2.75, 3.05) is 18.4 Å². The van der Waals surface area contributed by atoms with E-state index in [1.807, 2.05) is 39.8 Å². The number of hydrogen-bond donors (Lipinski definition) is 1. The molecule has 3 heterocycles. The highest BCUT2D eigenvalue weighted by atomic mass is 16.6. The van der Waals surface area contributed by atoms with Crippen molar-refractivity contribution in [3.8, 4) is 11.4 Å². The van der Waals surface area contributed by atoms with E-state index < -0.39 is 5.60 Å². The van der Waals surface area contributed by atoms with Crippen LogP contribution in [0.1, 0.15) is 32.9 Å². The van der Waals surface area contributed by atoms with E-state index in [9.17, 15) is 4.79 Å². The quantitative estimate of drug-likeness (QED) is 0.910. The van der Waals surface area contributed by atoms with Gasteiger partial charge in [0.15, 0.2) is 5.82 Å². The summed E-state index contributed by atoms with van der Waals surface area (Å²) in [5.74, 6) is 1.46. The van der Waals surface area contributed by atoms with Crippen LogP contribution in [0.4, 0.5) is 10.6 Å². The zero-order chi connectivity index (χ0) is 18.7. The monoisotopic (exact) mass is 355 g/mol. The van der Waals surface area contributed by atoms with Crippen molar-refractivity contribution in [2.24, 2.45) is 0 Å². The molecule has 0 spiro atoms. The number of pyridine rings is 1. The van der Waals surface area contributed by atoms with Gasteiger partial charge in [-0.3, -0.25) is 0 Å². The van der Waals surface area contributed by atoms with Crippen molar-refractivity contribution in [3.05, 3.63) is 36.3 Å². The van der Waals surface area contributed by atoms with Crippen LogP contribution in [0.2, 0.25) is 0 Å². The molecule has 1 saturated heterocycles. The first-order valence-electron chi connectivity index (χ1n) is 8.81. The van der Waals surface area contributed by atoms with E-state index in [2.05, 4.69) is 20.3 Å². The molecular formula is C19H25N5O2. The van der Waals surface area contributed by atoms with Gasteiger partial charge in [-0.25, -0.2) is 19.7 Å². The first-order valence-corrected chi connectivity index (χ1v) is 8.81.